The second-order valence-corrected chi connectivity index (χ2v) is 2.64. The zero-order chi connectivity index (χ0) is 7.82. The molecule has 0 rings (SSSR count). The molecule has 0 heterocycles. The summed E-state index contributed by atoms with van der Waals surface area (Å²) in [6, 6.07) is 0. The Morgan fingerprint density at radius 1 is 1.40 bits per heavy atom. The predicted octanol–water partition coefficient (Wildman–Crippen LogP) is 0.510. The van der Waals surface area contributed by atoms with Gasteiger partial charge in [-0.3, -0.25) is 8.60 Å². The minimum Gasteiger partial charge on any atom is -0.760 e. The lowest BCUT2D eigenvalue weighted by Gasteiger charge is -2.05. The third kappa shape index (κ3) is 8.00. The fraction of sp³-hybridized carbons (Fsp3) is 1.00. The molecule has 5 heteroatoms. The van der Waals surface area contributed by atoms with Crippen LogP contribution in [-0.4, -0.2) is 22.0 Å². The Balaban J connectivity index is 2.84. The van der Waals surface area contributed by atoms with Crippen LogP contribution in [0.3, 0.4) is 0 Å². The number of nitrogens with one attached hydrogen (secondary N) is 1. The Kier molecular flexibility index (Phi) is 7.11. The summed E-state index contributed by atoms with van der Waals surface area (Å²) in [7, 11) is 0. The van der Waals surface area contributed by atoms with E-state index in [1.807, 2.05) is 0 Å². The van der Waals surface area contributed by atoms with Gasteiger partial charge < -0.3 is 4.55 Å². The zero-order valence-electron chi connectivity index (χ0n) is 5.64. The Morgan fingerprint density at radius 2 is 2.10 bits per heavy atom. The lowest BCUT2D eigenvalue weighted by atomic mass is 10.2. The van der Waals surface area contributed by atoms with Gasteiger partial charge in [-0.25, -0.2) is 4.72 Å². The van der Waals surface area contributed by atoms with Gasteiger partial charge in [0.15, 0.2) is 0 Å². The summed E-state index contributed by atoms with van der Waals surface area (Å²) < 4.78 is 33.3. The van der Waals surface area contributed by atoms with Crippen LogP contribution in [0.1, 0.15) is 19.3 Å². The third-order valence-electron chi connectivity index (χ3n) is 1.03. The number of halogens is 1. The van der Waals surface area contributed by atoms with Crippen molar-refractivity contribution in [3.8, 4) is 0 Å². The van der Waals surface area contributed by atoms with Gasteiger partial charge >= 0.3 is 0 Å². The van der Waals surface area contributed by atoms with Crippen LogP contribution in [0, 0.1) is 0 Å². The van der Waals surface area contributed by atoms with Crippen molar-refractivity contribution in [1.82, 2.24) is 4.72 Å². The summed E-state index contributed by atoms with van der Waals surface area (Å²) in [5, 5.41) is 0. The molecule has 62 valence electrons. The number of unbranched alkanes of at least 4 members (excludes halogenated alkanes) is 2. The SMILES string of the molecule is O=S([O-])NCCCCCF. The second-order valence-electron chi connectivity index (χ2n) is 1.88. The summed E-state index contributed by atoms with van der Waals surface area (Å²) in [5.74, 6) is 0. The summed E-state index contributed by atoms with van der Waals surface area (Å²) in [6.45, 7) is 0.0938. The van der Waals surface area contributed by atoms with E-state index < -0.39 is 11.3 Å². The first kappa shape index (κ1) is 10.0. The molecule has 0 aromatic rings. The maximum Gasteiger partial charge on any atom is 0.0894 e. The predicted molar refractivity (Wildman–Crippen MR) is 36.7 cm³/mol. The van der Waals surface area contributed by atoms with Crippen LogP contribution >= 0.6 is 0 Å². The lowest BCUT2D eigenvalue weighted by Crippen LogP contribution is -2.17. The fourth-order valence-corrected chi connectivity index (χ4v) is 0.863. The average Bonchev–Trinajstić information content (AvgIpc) is 1.87. The first-order valence-electron chi connectivity index (χ1n) is 3.16. The van der Waals surface area contributed by atoms with Crippen molar-refractivity contribution >= 4 is 11.3 Å². The zero-order valence-corrected chi connectivity index (χ0v) is 6.45. The third-order valence-corrected chi connectivity index (χ3v) is 1.47. The van der Waals surface area contributed by atoms with Crippen LogP contribution in [0.4, 0.5) is 4.39 Å². The van der Waals surface area contributed by atoms with E-state index in [9.17, 15) is 13.2 Å². The smallest absolute Gasteiger partial charge is 0.0894 e. The monoisotopic (exact) mass is 168 g/mol. The van der Waals surface area contributed by atoms with E-state index in [0.29, 0.717) is 19.4 Å². The normalized spacial score (nSPS) is 13.4. The molecule has 1 unspecified atom stereocenters. The van der Waals surface area contributed by atoms with Crippen LogP contribution in [0.5, 0.6) is 0 Å². The molecule has 0 saturated heterocycles. The minimum atomic E-state index is -2.16. The Hall–Kier alpha value is -0.0000000000000000555. The molecule has 10 heavy (non-hydrogen) atoms. The highest BCUT2D eigenvalue weighted by Crippen LogP contribution is 1.93. The average molecular weight is 168 g/mol. The van der Waals surface area contributed by atoms with E-state index in [0.717, 1.165) is 6.42 Å². The highest BCUT2D eigenvalue weighted by atomic mass is 32.2. The summed E-state index contributed by atoms with van der Waals surface area (Å²) in [4.78, 5) is 0. The second kappa shape index (κ2) is 7.11. The van der Waals surface area contributed by atoms with Gasteiger partial charge in [-0.15, -0.1) is 0 Å². The van der Waals surface area contributed by atoms with Crippen LogP contribution in [0.25, 0.3) is 0 Å². The van der Waals surface area contributed by atoms with Gasteiger partial charge in [0.25, 0.3) is 0 Å². The summed E-state index contributed by atoms with van der Waals surface area (Å²) >= 11 is -2.16. The molecule has 0 aromatic carbocycles. The van der Waals surface area contributed by atoms with Crippen molar-refractivity contribution in [2.75, 3.05) is 13.2 Å². The Labute approximate surface area is 62.4 Å². The lowest BCUT2D eigenvalue weighted by molar-refractivity contribution is 0.455. The van der Waals surface area contributed by atoms with Crippen LogP contribution in [0.2, 0.25) is 0 Å². The summed E-state index contributed by atoms with van der Waals surface area (Å²) in [5.41, 5.74) is 0. The maximum atomic E-state index is 11.4. The van der Waals surface area contributed by atoms with E-state index in [1.165, 1.54) is 0 Å². The number of hydrogen-bond donors (Lipinski definition) is 1. The number of alkyl halides is 1. The number of rotatable bonds is 6. The van der Waals surface area contributed by atoms with Crippen molar-refractivity contribution in [2.45, 2.75) is 19.3 Å². The molecule has 0 aliphatic rings. The van der Waals surface area contributed by atoms with Gasteiger partial charge in [0.2, 0.25) is 0 Å². The first-order valence-corrected chi connectivity index (χ1v) is 4.23. The van der Waals surface area contributed by atoms with E-state index in [2.05, 4.69) is 4.72 Å². The van der Waals surface area contributed by atoms with Gasteiger partial charge in [0.05, 0.1) is 6.67 Å². The molecular weight excluding hydrogens is 157 g/mol. The van der Waals surface area contributed by atoms with Gasteiger partial charge in [0.1, 0.15) is 0 Å². The molecule has 0 aliphatic heterocycles. The topological polar surface area (TPSA) is 52.2 Å². The highest BCUT2D eigenvalue weighted by Gasteiger charge is 1.87. The molecule has 0 amide bonds. The molecule has 1 N–H and O–H groups in total. The minimum absolute atomic E-state index is 0.319. The van der Waals surface area contributed by atoms with Gasteiger partial charge in [-0.05, 0) is 19.3 Å². The van der Waals surface area contributed by atoms with Gasteiger partial charge in [-0.1, -0.05) is 0 Å². The van der Waals surface area contributed by atoms with E-state index >= 15 is 0 Å². The molecule has 0 bridgehead atoms. The van der Waals surface area contributed by atoms with Crippen LogP contribution in [0.15, 0.2) is 0 Å². The quantitative estimate of drug-likeness (QED) is 0.464. The molecule has 3 nitrogen and oxygen atoms in total. The standard InChI is InChI=1S/C5H12FNO2S/c6-4-2-1-3-5-7-10(8)9/h7H,1-5H2,(H,8,9)/p-1. The molecule has 0 fully saturated rings. The van der Waals surface area contributed by atoms with Gasteiger partial charge in [-0.2, -0.15) is 0 Å². The highest BCUT2D eigenvalue weighted by molar-refractivity contribution is 7.77. The van der Waals surface area contributed by atoms with Crippen LogP contribution in [-0.2, 0) is 11.3 Å². The molecule has 0 spiro atoms. The maximum absolute atomic E-state index is 11.4. The molecular formula is C5H11FNO2S-. The number of hydrogen-bond acceptors (Lipinski definition) is 2. The Bertz CT molecular complexity index is 102. The molecule has 0 radical (unpaired) electrons. The van der Waals surface area contributed by atoms with Crippen molar-refractivity contribution in [3.63, 3.8) is 0 Å². The molecule has 1 atom stereocenters. The van der Waals surface area contributed by atoms with Gasteiger partial charge in [0, 0.05) is 17.8 Å². The first-order chi connectivity index (χ1) is 4.77. The van der Waals surface area contributed by atoms with E-state index in [1.54, 1.807) is 0 Å². The van der Waals surface area contributed by atoms with Crippen molar-refractivity contribution < 1.29 is 13.2 Å². The van der Waals surface area contributed by atoms with Crippen LogP contribution < -0.4 is 4.72 Å². The molecule has 0 saturated carbocycles. The van der Waals surface area contributed by atoms with Crippen molar-refractivity contribution in [1.29, 1.82) is 0 Å². The van der Waals surface area contributed by atoms with E-state index in [4.69, 9.17) is 0 Å². The largest absolute Gasteiger partial charge is 0.760 e. The van der Waals surface area contributed by atoms with E-state index in [-0.39, 0.29) is 6.67 Å². The van der Waals surface area contributed by atoms with Crippen molar-refractivity contribution in [3.05, 3.63) is 0 Å². The summed E-state index contributed by atoms with van der Waals surface area (Å²) in [6.07, 6.45) is 1.96. The van der Waals surface area contributed by atoms with Crippen molar-refractivity contribution in [2.24, 2.45) is 0 Å². The molecule has 0 aromatic heterocycles. The molecule has 0 aliphatic carbocycles. The fourth-order valence-electron chi connectivity index (χ4n) is 0.552. The Morgan fingerprint density at radius 3 is 2.60 bits per heavy atom.